The van der Waals surface area contributed by atoms with Gasteiger partial charge in [-0.15, -0.1) is 6.58 Å². The van der Waals surface area contributed by atoms with Gasteiger partial charge in [0.25, 0.3) is 0 Å². The molecule has 0 aromatic rings. The lowest BCUT2D eigenvalue weighted by Gasteiger charge is -2.25. The minimum absolute atomic E-state index is 0.780. The Hall–Kier alpha value is -0.123. The monoisotopic (exact) mass is 232 g/mol. The predicted molar refractivity (Wildman–Crippen MR) is 70.5 cm³/mol. The van der Waals surface area contributed by atoms with Gasteiger partial charge in [-0.1, -0.05) is 18.9 Å². The summed E-state index contributed by atoms with van der Waals surface area (Å²) in [7, 11) is -1.75. The van der Waals surface area contributed by atoms with E-state index in [1.54, 1.807) is 0 Å². The first-order valence-corrected chi connectivity index (χ1v) is 8.34. The van der Waals surface area contributed by atoms with Crippen molar-refractivity contribution >= 4 is 8.56 Å². The first-order valence-electron chi connectivity index (χ1n) is 5.81. The highest BCUT2D eigenvalue weighted by Gasteiger charge is 2.28. The van der Waals surface area contributed by atoms with E-state index in [0.717, 1.165) is 25.7 Å². The molecule has 2 nitrogen and oxygen atoms in total. The van der Waals surface area contributed by atoms with Gasteiger partial charge in [-0.05, 0) is 40.3 Å². The smallest absolute Gasteiger partial charge is 0.334 e. The van der Waals surface area contributed by atoms with Crippen LogP contribution in [0, 0.1) is 0 Å². The largest absolute Gasteiger partial charge is 0.395 e. The summed E-state index contributed by atoms with van der Waals surface area (Å²) in [6.07, 6.45) is 1.16. The fourth-order valence-corrected chi connectivity index (χ4v) is 3.75. The summed E-state index contributed by atoms with van der Waals surface area (Å²) in [5.41, 5.74) is 1.17. The second kappa shape index (κ2) is 10.4. The predicted octanol–water partition coefficient (Wildman–Crippen LogP) is 4.12. The molecule has 0 radical (unpaired) electrons. The van der Waals surface area contributed by atoms with Gasteiger partial charge in [0.2, 0.25) is 0 Å². The molecule has 0 saturated carbocycles. The Labute approximate surface area is 96.9 Å². The van der Waals surface area contributed by atoms with Crippen LogP contribution >= 0.6 is 0 Å². The lowest BCUT2D eigenvalue weighted by Crippen LogP contribution is -2.38. The molecule has 0 spiro atoms. The van der Waals surface area contributed by atoms with Gasteiger partial charge >= 0.3 is 8.56 Å². The fraction of sp³-hybridized carbons (Fsp3) is 0.833. The quantitative estimate of drug-likeness (QED) is 0.506. The lowest BCUT2D eigenvalue weighted by molar-refractivity contribution is 0.189. The Morgan fingerprint density at radius 3 is 1.60 bits per heavy atom. The molecule has 0 bridgehead atoms. The van der Waals surface area contributed by atoms with Crippen LogP contribution in [0.25, 0.3) is 0 Å². The summed E-state index contributed by atoms with van der Waals surface area (Å²) in [4.78, 5) is 0. The number of hydrogen-bond acceptors (Lipinski definition) is 2. The highest BCUT2D eigenvalue weighted by molar-refractivity contribution is 6.66. The number of rotatable bonds is 6. The third-order valence-electron chi connectivity index (χ3n) is 1.60. The van der Waals surface area contributed by atoms with Crippen molar-refractivity contribution in [2.45, 2.75) is 53.6 Å². The second-order valence-corrected chi connectivity index (χ2v) is 7.30. The van der Waals surface area contributed by atoms with Gasteiger partial charge in [0.15, 0.2) is 0 Å². The van der Waals surface area contributed by atoms with E-state index in [2.05, 4.69) is 20.0 Å². The summed E-state index contributed by atoms with van der Waals surface area (Å²) >= 11 is 0. The van der Waals surface area contributed by atoms with E-state index >= 15 is 0 Å². The Balaban J connectivity index is 0. The van der Waals surface area contributed by atoms with Gasteiger partial charge in [-0.3, -0.25) is 0 Å². The molecule has 0 saturated heterocycles. The van der Waals surface area contributed by atoms with Crippen LogP contribution in [0.3, 0.4) is 0 Å². The standard InChI is InChI=1S/C8H20O2Si.C4H8/c1-5-8-11(4,9-6-2)10-7-3;1-4(2)3/h5-8H2,1-4H3;1H2,2-3H3. The molecule has 0 aromatic carbocycles. The molecule has 3 heteroatoms. The molecule has 0 atom stereocenters. The minimum Gasteiger partial charge on any atom is -0.395 e. The molecular formula is C12H28O2Si. The molecule has 15 heavy (non-hydrogen) atoms. The molecule has 0 aromatic heterocycles. The van der Waals surface area contributed by atoms with Crippen LogP contribution in [0.1, 0.15) is 41.0 Å². The zero-order valence-corrected chi connectivity index (χ0v) is 12.4. The van der Waals surface area contributed by atoms with Crippen molar-refractivity contribution in [3.63, 3.8) is 0 Å². The van der Waals surface area contributed by atoms with E-state index in [0.29, 0.717) is 0 Å². The third-order valence-corrected chi connectivity index (χ3v) is 4.81. The van der Waals surface area contributed by atoms with Crippen LogP contribution in [0.4, 0.5) is 0 Å². The maximum Gasteiger partial charge on any atom is 0.334 e. The van der Waals surface area contributed by atoms with E-state index in [-0.39, 0.29) is 0 Å². The highest BCUT2D eigenvalue weighted by atomic mass is 28.4. The van der Waals surface area contributed by atoms with Crippen LogP contribution < -0.4 is 0 Å². The van der Waals surface area contributed by atoms with Crippen LogP contribution in [-0.4, -0.2) is 21.8 Å². The van der Waals surface area contributed by atoms with Gasteiger partial charge in [-0.25, -0.2) is 0 Å². The van der Waals surface area contributed by atoms with Crippen molar-refractivity contribution in [3.05, 3.63) is 12.2 Å². The van der Waals surface area contributed by atoms with E-state index < -0.39 is 8.56 Å². The molecule has 0 amide bonds. The Kier molecular flexibility index (Phi) is 12.0. The summed E-state index contributed by atoms with van der Waals surface area (Å²) < 4.78 is 11.3. The van der Waals surface area contributed by atoms with Gasteiger partial charge < -0.3 is 8.85 Å². The van der Waals surface area contributed by atoms with E-state index in [1.165, 1.54) is 5.57 Å². The summed E-state index contributed by atoms with van der Waals surface area (Å²) in [5, 5.41) is 0. The summed E-state index contributed by atoms with van der Waals surface area (Å²) in [6, 6.07) is 1.11. The SMILES string of the molecule is C=C(C)C.CCC[Si](C)(OCC)OCC. The molecule has 0 aliphatic heterocycles. The topological polar surface area (TPSA) is 18.5 Å². The van der Waals surface area contributed by atoms with Crippen molar-refractivity contribution in [1.82, 2.24) is 0 Å². The van der Waals surface area contributed by atoms with Crippen molar-refractivity contribution in [1.29, 1.82) is 0 Å². The highest BCUT2D eigenvalue weighted by Crippen LogP contribution is 2.14. The average Bonchev–Trinajstić information content (AvgIpc) is 2.03. The van der Waals surface area contributed by atoms with Crippen molar-refractivity contribution in [2.24, 2.45) is 0 Å². The molecular weight excluding hydrogens is 204 g/mol. The molecule has 0 aliphatic carbocycles. The first-order chi connectivity index (χ1) is 6.91. The normalized spacial score (nSPS) is 10.5. The number of allylic oxidation sites excluding steroid dienone is 1. The maximum atomic E-state index is 5.63. The average molecular weight is 232 g/mol. The fourth-order valence-electron chi connectivity index (χ4n) is 1.25. The van der Waals surface area contributed by atoms with Gasteiger partial charge in [-0.2, -0.15) is 0 Å². The van der Waals surface area contributed by atoms with Crippen LogP contribution in [0.2, 0.25) is 12.6 Å². The zero-order valence-electron chi connectivity index (χ0n) is 11.4. The molecule has 0 unspecified atom stereocenters. The second-order valence-electron chi connectivity index (χ2n) is 3.96. The zero-order chi connectivity index (χ0) is 12.3. The van der Waals surface area contributed by atoms with Crippen LogP contribution in [-0.2, 0) is 8.85 Å². The van der Waals surface area contributed by atoms with Crippen molar-refractivity contribution < 1.29 is 8.85 Å². The number of hydrogen-bond donors (Lipinski definition) is 0. The first kappa shape index (κ1) is 17.3. The molecule has 0 aliphatic rings. The molecule has 92 valence electrons. The Morgan fingerprint density at radius 2 is 1.40 bits per heavy atom. The van der Waals surface area contributed by atoms with Crippen molar-refractivity contribution in [3.8, 4) is 0 Å². The van der Waals surface area contributed by atoms with Gasteiger partial charge in [0, 0.05) is 13.2 Å². The Bertz CT molecular complexity index is 137. The molecule has 0 heterocycles. The van der Waals surface area contributed by atoms with E-state index in [4.69, 9.17) is 8.85 Å². The third kappa shape index (κ3) is 13.9. The van der Waals surface area contributed by atoms with E-state index in [1.807, 2.05) is 27.7 Å². The summed E-state index contributed by atoms with van der Waals surface area (Å²) in [6.45, 7) is 17.4. The molecule has 0 rings (SSSR count). The minimum atomic E-state index is -1.75. The van der Waals surface area contributed by atoms with Crippen molar-refractivity contribution in [2.75, 3.05) is 13.2 Å². The van der Waals surface area contributed by atoms with E-state index in [9.17, 15) is 0 Å². The summed E-state index contributed by atoms with van der Waals surface area (Å²) in [5.74, 6) is 0. The molecule has 0 N–H and O–H groups in total. The maximum absolute atomic E-state index is 5.63. The Morgan fingerprint density at radius 1 is 1.07 bits per heavy atom. The lowest BCUT2D eigenvalue weighted by atomic mass is 10.4. The van der Waals surface area contributed by atoms with Crippen LogP contribution in [0.15, 0.2) is 12.2 Å². The van der Waals surface area contributed by atoms with Gasteiger partial charge in [0.1, 0.15) is 0 Å². The molecule has 0 fully saturated rings. The van der Waals surface area contributed by atoms with Crippen LogP contribution in [0.5, 0.6) is 0 Å². The van der Waals surface area contributed by atoms with Gasteiger partial charge in [0.05, 0.1) is 0 Å².